The Labute approximate surface area is 225 Å². The van der Waals surface area contributed by atoms with Crippen molar-refractivity contribution in [3.8, 4) is 5.75 Å². The third-order valence-electron chi connectivity index (χ3n) is 5.83. The number of methoxy groups -OCH3 is 1. The third kappa shape index (κ3) is 7.35. The van der Waals surface area contributed by atoms with E-state index >= 15 is 0 Å². The van der Waals surface area contributed by atoms with Crippen LogP contribution in [0.2, 0.25) is 0 Å². The fraction of sp³-hybridized carbons (Fsp3) is 0.310. The Morgan fingerprint density at radius 3 is 1.97 bits per heavy atom. The quantitative estimate of drug-likeness (QED) is 0.418. The van der Waals surface area contributed by atoms with Gasteiger partial charge in [-0.2, -0.15) is 0 Å². The number of sulfonamides is 1. The Morgan fingerprint density at radius 1 is 0.895 bits per heavy atom. The number of ether oxygens (including phenoxy) is 1. The minimum Gasteiger partial charge on any atom is -0.497 e. The number of carbonyl (C=O) groups excluding carboxylic acids is 2. The first-order valence-corrected chi connectivity index (χ1v) is 13.7. The summed E-state index contributed by atoms with van der Waals surface area (Å²) in [6, 6.07) is 22.8. The second-order valence-corrected chi connectivity index (χ2v) is 11.8. The number of hydrogen-bond donors (Lipinski definition) is 1. The topological polar surface area (TPSA) is 96.0 Å². The molecule has 3 aromatic carbocycles. The molecule has 0 aliphatic rings. The first kappa shape index (κ1) is 28.7. The molecule has 8 nitrogen and oxygen atoms in total. The van der Waals surface area contributed by atoms with Gasteiger partial charge in [-0.3, -0.25) is 13.9 Å². The molecule has 0 saturated heterocycles. The highest BCUT2D eigenvalue weighted by Gasteiger charge is 2.33. The van der Waals surface area contributed by atoms with Crippen molar-refractivity contribution in [3.63, 3.8) is 0 Å². The van der Waals surface area contributed by atoms with Crippen LogP contribution in [0.25, 0.3) is 0 Å². The van der Waals surface area contributed by atoms with E-state index in [-0.39, 0.29) is 17.3 Å². The van der Waals surface area contributed by atoms with E-state index in [2.05, 4.69) is 5.32 Å². The molecule has 9 heteroatoms. The van der Waals surface area contributed by atoms with Crippen LogP contribution in [0.5, 0.6) is 5.75 Å². The Bertz CT molecular complexity index is 1320. The second-order valence-electron chi connectivity index (χ2n) is 9.95. The molecular weight excluding hydrogens is 502 g/mol. The van der Waals surface area contributed by atoms with Gasteiger partial charge in [0, 0.05) is 12.1 Å². The lowest BCUT2D eigenvalue weighted by molar-refractivity contribution is -0.140. The summed E-state index contributed by atoms with van der Waals surface area (Å²) in [4.78, 5) is 28.4. The highest BCUT2D eigenvalue weighted by molar-refractivity contribution is 7.92. The van der Waals surface area contributed by atoms with Crippen LogP contribution in [0.3, 0.4) is 0 Å². The van der Waals surface area contributed by atoms with Gasteiger partial charge in [0.05, 0.1) is 17.7 Å². The summed E-state index contributed by atoms with van der Waals surface area (Å²) in [7, 11) is -2.59. The molecule has 0 aliphatic carbocycles. The number of anilines is 1. The molecule has 0 aromatic heterocycles. The van der Waals surface area contributed by atoms with Gasteiger partial charge in [0.25, 0.3) is 10.0 Å². The molecule has 0 radical (unpaired) electrons. The lowest BCUT2D eigenvalue weighted by atomic mass is 10.1. The Kier molecular flexibility index (Phi) is 9.17. The van der Waals surface area contributed by atoms with Crippen LogP contribution in [0.1, 0.15) is 33.3 Å². The van der Waals surface area contributed by atoms with Crippen molar-refractivity contribution in [2.75, 3.05) is 18.0 Å². The van der Waals surface area contributed by atoms with Crippen molar-refractivity contribution in [1.29, 1.82) is 0 Å². The highest BCUT2D eigenvalue weighted by Crippen LogP contribution is 2.26. The molecule has 2 amide bonds. The predicted molar refractivity (Wildman–Crippen MR) is 148 cm³/mol. The van der Waals surface area contributed by atoms with E-state index in [0.29, 0.717) is 11.4 Å². The molecule has 202 valence electrons. The third-order valence-corrected chi connectivity index (χ3v) is 7.62. The van der Waals surface area contributed by atoms with E-state index in [4.69, 9.17) is 4.74 Å². The van der Waals surface area contributed by atoms with Gasteiger partial charge in [-0.05, 0) is 69.7 Å². The van der Waals surface area contributed by atoms with Crippen molar-refractivity contribution in [2.45, 2.75) is 50.7 Å². The van der Waals surface area contributed by atoms with Gasteiger partial charge in [0.2, 0.25) is 11.8 Å². The van der Waals surface area contributed by atoms with E-state index < -0.39 is 34.1 Å². The second kappa shape index (κ2) is 12.1. The number of hydrogen-bond acceptors (Lipinski definition) is 5. The normalized spacial score (nSPS) is 12.3. The summed E-state index contributed by atoms with van der Waals surface area (Å²) in [5, 5.41) is 2.92. The van der Waals surface area contributed by atoms with Gasteiger partial charge >= 0.3 is 0 Å². The lowest BCUT2D eigenvalue weighted by Gasteiger charge is -2.33. The Hall–Kier alpha value is -3.85. The van der Waals surface area contributed by atoms with E-state index in [0.717, 1.165) is 9.87 Å². The summed E-state index contributed by atoms with van der Waals surface area (Å²) in [6.45, 7) is 6.87. The minimum atomic E-state index is -4.11. The molecule has 0 spiro atoms. The Balaban J connectivity index is 2.01. The molecule has 0 aliphatic heterocycles. The number of benzene rings is 3. The summed E-state index contributed by atoms with van der Waals surface area (Å²) in [5.41, 5.74) is 0.617. The van der Waals surface area contributed by atoms with Crippen LogP contribution in [0.15, 0.2) is 89.8 Å². The standard InChI is InChI=1S/C29H35N3O5S/c1-22(28(34)30-29(2,3)4)31(20-23-12-8-6-9-13-23)27(33)21-32(24-16-18-25(37-5)19-17-24)38(35,36)26-14-10-7-11-15-26/h6-19,22H,20-21H2,1-5H3,(H,30,34)/t22-/m0/s1. The predicted octanol–water partition coefficient (Wildman–Crippen LogP) is 4.22. The van der Waals surface area contributed by atoms with Gasteiger partial charge in [-0.15, -0.1) is 0 Å². The van der Waals surface area contributed by atoms with E-state index in [1.165, 1.54) is 24.1 Å². The lowest BCUT2D eigenvalue weighted by Crippen LogP contribution is -2.54. The zero-order valence-electron chi connectivity index (χ0n) is 22.4. The van der Waals surface area contributed by atoms with Gasteiger partial charge in [-0.25, -0.2) is 8.42 Å². The maximum atomic E-state index is 13.9. The van der Waals surface area contributed by atoms with Crippen molar-refractivity contribution in [1.82, 2.24) is 10.2 Å². The van der Waals surface area contributed by atoms with Gasteiger partial charge in [-0.1, -0.05) is 48.5 Å². The zero-order chi connectivity index (χ0) is 27.9. The average molecular weight is 538 g/mol. The minimum absolute atomic E-state index is 0.0525. The van der Waals surface area contributed by atoms with Gasteiger partial charge < -0.3 is 15.0 Å². The number of nitrogens with one attached hydrogen (secondary N) is 1. The monoisotopic (exact) mass is 537 g/mol. The van der Waals surface area contributed by atoms with Crippen molar-refractivity contribution in [2.24, 2.45) is 0 Å². The van der Waals surface area contributed by atoms with Crippen LogP contribution in [-0.4, -0.2) is 50.4 Å². The van der Waals surface area contributed by atoms with Crippen molar-refractivity contribution < 1.29 is 22.7 Å². The number of carbonyl (C=O) groups is 2. The molecular formula is C29H35N3O5S. The number of nitrogens with zero attached hydrogens (tertiary/aromatic N) is 2. The molecule has 0 fully saturated rings. The highest BCUT2D eigenvalue weighted by atomic mass is 32.2. The molecule has 0 saturated carbocycles. The zero-order valence-corrected chi connectivity index (χ0v) is 23.2. The summed E-state index contributed by atoms with van der Waals surface area (Å²) in [6.07, 6.45) is 0. The van der Waals surface area contributed by atoms with Crippen LogP contribution >= 0.6 is 0 Å². The average Bonchev–Trinajstić information content (AvgIpc) is 2.90. The summed E-state index contributed by atoms with van der Waals surface area (Å²) >= 11 is 0. The summed E-state index contributed by atoms with van der Waals surface area (Å²) in [5.74, 6) is -0.292. The molecule has 38 heavy (non-hydrogen) atoms. The first-order chi connectivity index (χ1) is 17.9. The van der Waals surface area contributed by atoms with Gasteiger partial charge in [0.15, 0.2) is 0 Å². The van der Waals surface area contributed by atoms with E-state index in [1.807, 2.05) is 51.1 Å². The molecule has 1 N–H and O–H groups in total. The molecule has 0 unspecified atom stereocenters. The first-order valence-electron chi connectivity index (χ1n) is 12.3. The van der Waals surface area contributed by atoms with Gasteiger partial charge in [0.1, 0.15) is 18.3 Å². The van der Waals surface area contributed by atoms with Crippen LogP contribution in [-0.2, 0) is 26.2 Å². The molecule has 1 atom stereocenters. The maximum absolute atomic E-state index is 13.9. The molecule has 3 aromatic rings. The molecule has 0 heterocycles. The summed E-state index contributed by atoms with van der Waals surface area (Å²) < 4.78 is 33.8. The van der Waals surface area contributed by atoms with Crippen LogP contribution in [0.4, 0.5) is 5.69 Å². The SMILES string of the molecule is COc1ccc(N(CC(=O)N(Cc2ccccc2)[C@@H](C)C(=O)NC(C)(C)C)S(=O)(=O)c2ccccc2)cc1. The molecule has 0 bridgehead atoms. The smallest absolute Gasteiger partial charge is 0.264 e. The van der Waals surface area contributed by atoms with Crippen LogP contribution in [0, 0.1) is 0 Å². The number of amides is 2. The van der Waals surface area contributed by atoms with Crippen molar-refractivity contribution >= 4 is 27.5 Å². The fourth-order valence-corrected chi connectivity index (χ4v) is 5.27. The Morgan fingerprint density at radius 2 is 1.45 bits per heavy atom. The fourth-order valence-electron chi connectivity index (χ4n) is 3.83. The largest absolute Gasteiger partial charge is 0.497 e. The molecule has 3 rings (SSSR count). The van der Waals surface area contributed by atoms with Crippen molar-refractivity contribution in [3.05, 3.63) is 90.5 Å². The van der Waals surface area contributed by atoms with E-state index in [9.17, 15) is 18.0 Å². The van der Waals surface area contributed by atoms with Crippen LogP contribution < -0.4 is 14.4 Å². The maximum Gasteiger partial charge on any atom is 0.264 e. The number of rotatable bonds is 10. The van der Waals surface area contributed by atoms with E-state index in [1.54, 1.807) is 49.4 Å².